The predicted molar refractivity (Wildman–Crippen MR) is 73.1 cm³/mol. The van der Waals surface area contributed by atoms with E-state index in [1.165, 1.54) is 0 Å². The van der Waals surface area contributed by atoms with Gasteiger partial charge in [0, 0.05) is 12.6 Å². The lowest BCUT2D eigenvalue weighted by atomic mass is 10.2. The fourth-order valence-corrected chi connectivity index (χ4v) is 1.53. The van der Waals surface area contributed by atoms with E-state index in [2.05, 4.69) is 4.98 Å². The molecule has 0 fully saturated rings. The molecular weight excluding hydrogens is 224 g/mol. The summed E-state index contributed by atoms with van der Waals surface area (Å²) >= 11 is 0. The van der Waals surface area contributed by atoms with Gasteiger partial charge >= 0.3 is 0 Å². The van der Waals surface area contributed by atoms with E-state index in [0.29, 0.717) is 19.0 Å². The molecular formula is C15H16N2O. The number of rotatable bonds is 5. The summed E-state index contributed by atoms with van der Waals surface area (Å²) in [5.74, 6) is 0.607. The molecule has 0 spiro atoms. The van der Waals surface area contributed by atoms with E-state index in [9.17, 15) is 0 Å². The molecule has 0 saturated heterocycles. The minimum atomic E-state index is 0.428. The second-order valence-electron chi connectivity index (χ2n) is 3.80. The molecule has 0 aliphatic carbocycles. The van der Waals surface area contributed by atoms with Gasteiger partial charge in [-0.15, -0.1) is 0 Å². The average Bonchev–Trinajstić information content (AvgIpc) is 2.45. The molecule has 1 heterocycles. The lowest BCUT2D eigenvalue weighted by molar-refractivity contribution is 0.348. The van der Waals surface area contributed by atoms with E-state index in [1.54, 1.807) is 0 Å². The van der Waals surface area contributed by atoms with Gasteiger partial charge in [0.15, 0.2) is 0 Å². The number of nitrogens with two attached hydrogens (primary N) is 1. The normalized spacial score (nSPS) is 10.7. The second kappa shape index (κ2) is 6.57. The third kappa shape index (κ3) is 3.71. The number of pyridine rings is 1. The van der Waals surface area contributed by atoms with Crippen LogP contribution >= 0.6 is 0 Å². The predicted octanol–water partition coefficient (Wildman–Crippen LogP) is 2.63. The highest BCUT2D eigenvalue weighted by Crippen LogP contribution is 2.07. The van der Waals surface area contributed by atoms with Crippen LogP contribution in [0.3, 0.4) is 0 Å². The molecule has 0 bridgehead atoms. The van der Waals surface area contributed by atoms with Crippen LogP contribution in [0.4, 0.5) is 0 Å². The number of aromatic nitrogens is 1. The Morgan fingerprint density at radius 2 is 1.89 bits per heavy atom. The maximum absolute atomic E-state index is 5.52. The Labute approximate surface area is 107 Å². The Kier molecular flexibility index (Phi) is 4.50. The maximum atomic E-state index is 5.52. The highest BCUT2D eigenvalue weighted by atomic mass is 16.5. The van der Waals surface area contributed by atoms with Gasteiger partial charge in [-0.25, -0.2) is 4.98 Å². The van der Waals surface area contributed by atoms with Crippen LogP contribution in [0.25, 0.3) is 6.08 Å². The van der Waals surface area contributed by atoms with Crippen molar-refractivity contribution in [1.29, 1.82) is 0 Å². The third-order valence-corrected chi connectivity index (χ3v) is 2.43. The fraction of sp³-hybridized carbons (Fsp3) is 0.133. The van der Waals surface area contributed by atoms with Gasteiger partial charge in [-0.3, -0.25) is 0 Å². The van der Waals surface area contributed by atoms with E-state index >= 15 is 0 Å². The lowest BCUT2D eigenvalue weighted by Crippen LogP contribution is -2.02. The fourth-order valence-electron chi connectivity index (χ4n) is 1.53. The summed E-state index contributed by atoms with van der Waals surface area (Å²) in [4.78, 5) is 4.25. The molecule has 18 heavy (non-hydrogen) atoms. The van der Waals surface area contributed by atoms with Crippen molar-refractivity contribution in [2.75, 3.05) is 6.61 Å². The molecule has 0 radical (unpaired) electrons. The van der Waals surface area contributed by atoms with Crippen LogP contribution < -0.4 is 10.5 Å². The van der Waals surface area contributed by atoms with E-state index in [4.69, 9.17) is 10.5 Å². The molecule has 3 nitrogen and oxygen atoms in total. The van der Waals surface area contributed by atoms with Crippen molar-refractivity contribution in [1.82, 2.24) is 4.98 Å². The summed E-state index contributed by atoms with van der Waals surface area (Å²) in [6, 6.07) is 15.7. The van der Waals surface area contributed by atoms with Crippen LogP contribution in [-0.2, 0) is 6.54 Å². The van der Waals surface area contributed by atoms with E-state index < -0.39 is 0 Å². The number of benzene rings is 1. The Balaban J connectivity index is 1.86. The van der Waals surface area contributed by atoms with E-state index in [-0.39, 0.29) is 0 Å². The van der Waals surface area contributed by atoms with Crippen LogP contribution in [0.2, 0.25) is 0 Å². The first-order valence-corrected chi connectivity index (χ1v) is 5.89. The van der Waals surface area contributed by atoms with Crippen LogP contribution in [0.1, 0.15) is 11.3 Å². The zero-order valence-corrected chi connectivity index (χ0v) is 10.1. The Morgan fingerprint density at radius 3 is 2.67 bits per heavy atom. The highest BCUT2D eigenvalue weighted by Gasteiger charge is 1.95. The quantitative estimate of drug-likeness (QED) is 0.874. The first kappa shape index (κ1) is 12.3. The van der Waals surface area contributed by atoms with Gasteiger partial charge in [-0.1, -0.05) is 42.5 Å². The molecule has 1 aromatic carbocycles. The largest absolute Gasteiger partial charge is 0.473 e. The molecule has 0 atom stereocenters. The van der Waals surface area contributed by atoms with Crippen LogP contribution in [0.15, 0.2) is 54.6 Å². The summed E-state index contributed by atoms with van der Waals surface area (Å²) in [7, 11) is 0. The van der Waals surface area contributed by atoms with Crippen LogP contribution in [0.5, 0.6) is 5.88 Å². The van der Waals surface area contributed by atoms with Crippen molar-refractivity contribution in [3.8, 4) is 5.88 Å². The van der Waals surface area contributed by atoms with E-state index in [0.717, 1.165) is 11.3 Å². The van der Waals surface area contributed by atoms with Crippen LogP contribution in [0, 0.1) is 0 Å². The topological polar surface area (TPSA) is 48.1 Å². The monoisotopic (exact) mass is 240 g/mol. The Morgan fingerprint density at radius 1 is 1.06 bits per heavy atom. The minimum Gasteiger partial charge on any atom is -0.473 e. The number of nitrogens with zero attached hydrogens (tertiary/aromatic N) is 1. The molecule has 2 rings (SSSR count). The molecule has 0 aliphatic heterocycles. The molecule has 1 aromatic heterocycles. The zero-order chi connectivity index (χ0) is 12.6. The van der Waals surface area contributed by atoms with Crippen molar-refractivity contribution in [3.05, 3.63) is 65.9 Å². The molecule has 2 aromatic rings. The van der Waals surface area contributed by atoms with Gasteiger partial charge in [0.05, 0.1) is 5.69 Å². The maximum Gasteiger partial charge on any atom is 0.213 e. The highest BCUT2D eigenvalue weighted by molar-refractivity contribution is 5.48. The van der Waals surface area contributed by atoms with Gasteiger partial charge in [0.25, 0.3) is 0 Å². The molecule has 0 amide bonds. The third-order valence-electron chi connectivity index (χ3n) is 2.43. The van der Waals surface area contributed by atoms with Crippen molar-refractivity contribution < 1.29 is 4.74 Å². The zero-order valence-electron chi connectivity index (χ0n) is 10.1. The van der Waals surface area contributed by atoms with Crippen molar-refractivity contribution >= 4 is 6.08 Å². The summed E-state index contributed by atoms with van der Waals surface area (Å²) in [6.07, 6.45) is 3.99. The summed E-state index contributed by atoms with van der Waals surface area (Å²) in [5.41, 5.74) is 7.51. The van der Waals surface area contributed by atoms with Gasteiger partial charge < -0.3 is 10.5 Å². The first-order chi connectivity index (χ1) is 8.88. The van der Waals surface area contributed by atoms with Gasteiger partial charge in [-0.05, 0) is 17.7 Å². The second-order valence-corrected chi connectivity index (χ2v) is 3.80. The minimum absolute atomic E-state index is 0.428. The van der Waals surface area contributed by atoms with Gasteiger partial charge in [0.2, 0.25) is 5.88 Å². The average molecular weight is 240 g/mol. The summed E-state index contributed by atoms with van der Waals surface area (Å²) < 4.78 is 5.52. The Hall–Kier alpha value is -2.13. The number of ether oxygens (including phenoxy) is 1. The summed E-state index contributed by atoms with van der Waals surface area (Å²) in [6.45, 7) is 0.924. The van der Waals surface area contributed by atoms with E-state index in [1.807, 2.05) is 60.7 Å². The van der Waals surface area contributed by atoms with Crippen molar-refractivity contribution in [2.24, 2.45) is 5.73 Å². The molecule has 92 valence electrons. The van der Waals surface area contributed by atoms with Crippen molar-refractivity contribution in [3.63, 3.8) is 0 Å². The summed E-state index contributed by atoms with van der Waals surface area (Å²) in [5, 5.41) is 0. The first-order valence-electron chi connectivity index (χ1n) is 5.89. The molecule has 0 saturated carbocycles. The number of hydrogen-bond acceptors (Lipinski definition) is 3. The number of hydrogen-bond donors (Lipinski definition) is 1. The molecule has 0 unspecified atom stereocenters. The SMILES string of the molecule is NCc1cccc(OCC=Cc2ccccc2)n1. The van der Waals surface area contributed by atoms with Crippen molar-refractivity contribution in [2.45, 2.75) is 6.54 Å². The standard InChI is InChI=1S/C15H16N2O/c16-12-14-9-4-10-15(17-14)18-11-5-8-13-6-2-1-3-7-13/h1-10H,11-12,16H2. The molecule has 2 N–H and O–H groups in total. The molecule has 0 aliphatic rings. The Bertz CT molecular complexity index is 509. The van der Waals surface area contributed by atoms with Crippen LogP contribution in [-0.4, -0.2) is 11.6 Å². The molecule has 3 heteroatoms. The lowest BCUT2D eigenvalue weighted by Gasteiger charge is -2.03. The van der Waals surface area contributed by atoms with Gasteiger partial charge in [0.1, 0.15) is 6.61 Å². The van der Waals surface area contributed by atoms with Gasteiger partial charge in [-0.2, -0.15) is 0 Å². The smallest absolute Gasteiger partial charge is 0.213 e.